The van der Waals surface area contributed by atoms with E-state index in [-0.39, 0.29) is 18.2 Å². The Labute approximate surface area is 140 Å². The first-order valence-corrected chi connectivity index (χ1v) is 8.41. The highest BCUT2D eigenvalue weighted by molar-refractivity contribution is 5.67. The van der Waals surface area contributed by atoms with Crippen LogP contribution in [-0.4, -0.2) is 30.3 Å². The summed E-state index contributed by atoms with van der Waals surface area (Å²) in [6.45, 7) is 12.6. The molecule has 5 nitrogen and oxygen atoms in total. The number of hydrogen-bond donors (Lipinski definition) is 2. The molecule has 1 aromatic heterocycles. The SMILES string of the molecule is CC(C)CC(CNC(=O)OC(C)(C)C)NC(C)Cc1ccco1. The van der Waals surface area contributed by atoms with E-state index in [1.807, 2.05) is 32.9 Å². The zero-order valence-corrected chi connectivity index (χ0v) is 15.3. The molecule has 132 valence electrons. The van der Waals surface area contributed by atoms with Crippen LogP contribution in [0.3, 0.4) is 0 Å². The van der Waals surface area contributed by atoms with E-state index in [9.17, 15) is 4.79 Å². The summed E-state index contributed by atoms with van der Waals surface area (Å²) < 4.78 is 10.7. The molecule has 1 amide bonds. The van der Waals surface area contributed by atoms with Crippen LogP contribution in [-0.2, 0) is 11.2 Å². The van der Waals surface area contributed by atoms with Gasteiger partial charge in [0.25, 0.3) is 0 Å². The van der Waals surface area contributed by atoms with E-state index < -0.39 is 5.60 Å². The summed E-state index contributed by atoms with van der Waals surface area (Å²) in [7, 11) is 0. The molecule has 0 saturated carbocycles. The largest absolute Gasteiger partial charge is 0.469 e. The first kappa shape index (κ1) is 19.6. The predicted molar refractivity (Wildman–Crippen MR) is 92.5 cm³/mol. The monoisotopic (exact) mass is 324 g/mol. The highest BCUT2D eigenvalue weighted by Gasteiger charge is 2.19. The zero-order valence-electron chi connectivity index (χ0n) is 15.3. The summed E-state index contributed by atoms with van der Waals surface area (Å²) in [6, 6.07) is 4.35. The van der Waals surface area contributed by atoms with Gasteiger partial charge in [-0.1, -0.05) is 13.8 Å². The van der Waals surface area contributed by atoms with Gasteiger partial charge >= 0.3 is 6.09 Å². The lowest BCUT2D eigenvalue weighted by molar-refractivity contribution is 0.0520. The second kappa shape index (κ2) is 8.96. The van der Waals surface area contributed by atoms with Gasteiger partial charge in [0.2, 0.25) is 0 Å². The molecule has 0 radical (unpaired) electrons. The molecule has 2 unspecified atom stereocenters. The summed E-state index contributed by atoms with van der Waals surface area (Å²) >= 11 is 0. The first-order chi connectivity index (χ1) is 10.7. The zero-order chi connectivity index (χ0) is 17.5. The molecule has 0 aromatic carbocycles. The van der Waals surface area contributed by atoms with Gasteiger partial charge in [-0.25, -0.2) is 4.79 Å². The Balaban J connectivity index is 2.46. The van der Waals surface area contributed by atoms with E-state index in [1.54, 1.807) is 6.26 Å². The third-order valence-electron chi connectivity index (χ3n) is 3.26. The van der Waals surface area contributed by atoms with Crippen molar-refractivity contribution in [2.24, 2.45) is 5.92 Å². The standard InChI is InChI=1S/C18H32N2O3/c1-13(2)10-15(12-19-17(21)23-18(4,5)6)20-14(3)11-16-8-7-9-22-16/h7-9,13-15,20H,10-12H2,1-6H3,(H,19,21). The number of nitrogens with one attached hydrogen (secondary N) is 2. The van der Waals surface area contributed by atoms with Crippen LogP contribution in [0.1, 0.15) is 53.7 Å². The van der Waals surface area contributed by atoms with Gasteiger partial charge in [-0.2, -0.15) is 0 Å². The molecular formula is C18H32N2O3. The van der Waals surface area contributed by atoms with Crippen molar-refractivity contribution >= 4 is 6.09 Å². The van der Waals surface area contributed by atoms with Crippen molar-refractivity contribution in [3.05, 3.63) is 24.2 Å². The minimum absolute atomic E-state index is 0.201. The molecule has 0 fully saturated rings. The van der Waals surface area contributed by atoms with Crippen LogP contribution >= 0.6 is 0 Å². The Kier molecular flexibility index (Phi) is 7.62. The molecule has 1 aromatic rings. The topological polar surface area (TPSA) is 63.5 Å². The molecule has 2 N–H and O–H groups in total. The average Bonchev–Trinajstić information content (AvgIpc) is 2.85. The van der Waals surface area contributed by atoms with E-state index in [4.69, 9.17) is 9.15 Å². The van der Waals surface area contributed by atoms with Crippen molar-refractivity contribution in [2.45, 2.75) is 72.1 Å². The van der Waals surface area contributed by atoms with Gasteiger partial charge in [0.15, 0.2) is 0 Å². The van der Waals surface area contributed by atoms with Crippen LogP contribution in [0.25, 0.3) is 0 Å². The van der Waals surface area contributed by atoms with E-state index in [0.717, 1.165) is 18.6 Å². The molecule has 0 aliphatic carbocycles. The Bertz CT molecular complexity index is 449. The van der Waals surface area contributed by atoms with E-state index in [1.165, 1.54) is 0 Å². The summed E-state index contributed by atoms with van der Waals surface area (Å²) in [5.41, 5.74) is -0.475. The highest BCUT2D eigenvalue weighted by atomic mass is 16.6. The molecule has 0 saturated heterocycles. The Morgan fingerprint density at radius 1 is 1.30 bits per heavy atom. The molecule has 0 aliphatic rings. The Hall–Kier alpha value is -1.49. The number of hydrogen-bond acceptors (Lipinski definition) is 4. The third kappa shape index (κ3) is 9.29. The van der Waals surface area contributed by atoms with Crippen LogP contribution in [0, 0.1) is 5.92 Å². The second-order valence-corrected chi connectivity index (χ2v) is 7.56. The maximum Gasteiger partial charge on any atom is 0.407 e. The summed E-state index contributed by atoms with van der Waals surface area (Å²) in [5.74, 6) is 1.51. The molecule has 0 aliphatic heterocycles. The van der Waals surface area contributed by atoms with Crippen LogP contribution in [0.15, 0.2) is 22.8 Å². The van der Waals surface area contributed by atoms with Crippen molar-refractivity contribution in [2.75, 3.05) is 6.54 Å². The van der Waals surface area contributed by atoms with Crippen LogP contribution in [0.2, 0.25) is 0 Å². The normalized spacial score (nSPS) is 14.6. The Morgan fingerprint density at radius 3 is 2.52 bits per heavy atom. The predicted octanol–water partition coefficient (Wildman–Crippen LogP) is 3.74. The number of alkyl carbamates (subject to hydrolysis) is 1. The van der Waals surface area contributed by atoms with Gasteiger partial charge in [-0.15, -0.1) is 0 Å². The minimum Gasteiger partial charge on any atom is -0.469 e. The summed E-state index contributed by atoms with van der Waals surface area (Å²) in [6.07, 6.45) is 3.14. The quantitative estimate of drug-likeness (QED) is 0.764. The van der Waals surface area contributed by atoms with Gasteiger partial charge in [-0.3, -0.25) is 0 Å². The number of furan rings is 1. The van der Waals surface area contributed by atoms with Crippen LogP contribution in [0.5, 0.6) is 0 Å². The van der Waals surface area contributed by atoms with Crippen molar-refractivity contribution < 1.29 is 13.9 Å². The average molecular weight is 324 g/mol. The molecule has 2 atom stereocenters. The smallest absolute Gasteiger partial charge is 0.407 e. The van der Waals surface area contributed by atoms with Crippen molar-refractivity contribution in [3.63, 3.8) is 0 Å². The molecular weight excluding hydrogens is 292 g/mol. The van der Waals surface area contributed by atoms with Gasteiger partial charge in [0, 0.05) is 25.0 Å². The lowest BCUT2D eigenvalue weighted by Crippen LogP contribution is -2.46. The van der Waals surface area contributed by atoms with Crippen molar-refractivity contribution in [1.82, 2.24) is 10.6 Å². The van der Waals surface area contributed by atoms with Crippen LogP contribution < -0.4 is 10.6 Å². The van der Waals surface area contributed by atoms with E-state index in [2.05, 4.69) is 31.4 Å². The first-order valence-electron chi connectivity index (χ1n) is 8.41. The lowest BCUT2D eigenvalue weighted by atomic mass is 10.0. The Morgan fingerprint density at radius 2 is 2.00 bits per heavy atom. The summed E-state index contributed by atoms with van der Waals surface area (Å²) in [4.78, 5) is 11.8. The maximum absolute atomic E-state index is 11.8. The number of rotatable bonds is 8. The number of carbonyl (C=O) groups excluding carboxylic acids is 1. The number of carbonyl (C=O) groups is 1. The fourth-order valence-corrected chi connectivity index (χ4v) is 2.49. The highest BCUT2D eigenvalue weighted by Crippen LogP contribution is 2.10. The van der Waals surface area contributed by atoms with Crippen LogP contribution in [0.4, 0.5) is 4.79 Å². The third-order valence-corrected chi connectivity index (χ3v) is 3.26. The maximum atomic E-state index is 11.8. The van der Waals surface area contributed by atoms with Crippen molar-refractivity contribution in [3.8, 4) is 0 Å². The molecule has 0 bridgehead atoms. The molecule has 0 spiro atoms. The molecule has 1 rings (SSSR count). The molecule has 23 heavy (non-hydrogen) atoms. The minimum atomic E-state index is -0.475. The van der Waals surface area contributed by atoms with Gasteiger partial charge in [0.05, 0.1) is 6.26 Å². The number of amides is 1. The van der Waals surface area contributed by atoms with Crippen molar-refractivity contribution in [1.29, 1.82) is 0 Å². The van der Waals surface area contributed by atoms with Gasteiger partial charge in [-0.05, 0) is 52.2 Å². The van der Waals surface area contributed by atoms with Gasteiger partial charge < -0.3 is 19.8 Å². The summed E-state index contributed by atoms with van der Waals surface area (Å²) in [5, 5.41) is 6.44. The lowest BCUT2D eigenvalue weighted by Gasteiger charge is -2.26. The fourth-order valence-electron chi connectivity index (χ4n) is 2.49. The second-order valence-electron chi connectivity index (χ2n) is 7.56. The van der Waals surface area contributed by atoms with E-state index in [0.29, 0.717) is 12.5 Å². The fraction of sp³-hybridized carbons (Fsp3) is 0.722. The molecule has 5 heteroatoms. The van der Waals surface area contributed by atoms with Gasteiger partial charge in [0.1, 0.15) is 11.4 Å². The van der Waals surface area contributed by atoms with E-state index >= 15 is 0 Å². The number of ether oxygens (including phenoxy) is 1. The molecule has 1 heterocycles.